The number of aryl methyl sites for hydroxylation is 2. The number of aromatic nitrogens is 2. The Hall–Kier alpha value is -0.830. The van der Waals surface area contributed by atoms with Crippen LogP contribution in [-0.2, 0) is 13.0 Å². The molecule has 0 saturated carbocycles. The van der Waals surface area contributed by atoms with Crippen molar-refractivity contribution < 1.29 is 5.11 Å². The first-order valence-corrected chi connectivity index (χ1v) is 5.38. The molecule has 0 bridgehead atoms. The molecule has 1 unspecified atom stereocenters. The van der Waals surface area contributed by atoms with Gasteiger partial charge in [0.15, 0.2) is 0 Å². The maximum absolute atomic E-state index is 9.69. The molecule has 1 N–H and O–H groups in total. The van der Waals surface area contributed by atoms with Crippen molar-refractivity contribution in [3.05, 3.63) is 17.5 Å². The van der Waals surface area contributed by atoms with Crippen LogP contribution in [-0.4, -0.2) is 21.0 Å². The first-order valence-electron chi connectivity index (χ1n) is 5.38. The molecule has 80 valence electrons. The number of hydrogen-bond acceptors (Lipinski definition) is 2. The average molecular weight is 196 g/mol. The zero-order chi connectivity index (χ0) is 10.6. The Labute approximate surface area is 85.8 Å². The molecule has 14 heavy (non-hydrogen) atoms. The molecule has 0 fully saturated rings. The fourth-order valence-corrected chi connectivity index (χ4v) is 1.71. The summed E-state index contributed by atoms with van der Waals surface area (Å²) in [6, 6.07) is 2.06. The lowest BCUT2D eigenvalue weighted by molar-refractivity contribution is 0.161. The summed E-state index contributed by atoms with van der Waals surface area (Å²) in [5, 5.41) is 14.0. The number of nitrogens with zero attached hydrogens (tertiary/aromatic N) is 2. The predicted octanol–water partition coefficient (Wildman–Crippen LogP) is 1.91. The second-order valence-corrected chi connectivity index (χ2v) is 3.74. The van der Waals surface area contributed by atoms with E-state index < -0.39 is 0 Å². The number of aliphatic hydroxyl groups excluding tert-OH is 1. The quantitative estimate of drug-likeness (QED) is 0.781. The van der Waals surface area contributed by atoms with Gasteiger partial charge in [0.2, 0.25) is 0 Å². The molecule has 1 aromatic rings. The van der Waals surface area contributed by atoms with Crippen molar-refractivity contribution in [2.45, 2.75) is 52.7 Å². The van der Waals surface area contributed by atoms with Crippen LogP contribution < -0.4 is 0 Å². The lowest BCUT2D eigenvalue weighted by Crippen LogP contribution is -2.13. The molecule has 0 aliphatic carbocycles. The van der Waals surface area contributed by atoms with Crippen LogP contribution in [0.4, 0.5) is 0 Å². The summed E-state index contributed by atoms with van der Waals surface area (Å²) in [5.41, 5.74) is 2.18. The molecule has 1 aromatic heterocycles. The fourth-order valence-electron chi connectivity index (χ4n) is 1.71. The highest BCUT2D eigenvalue weighted by Crippen LogP contribution is 2.09. The van der Waals surface area contributed by atoms with Gasteiger partial charge in [0.1, 0.15) is 0 Å². The molecule has 0 saturated heterocycles. The largest absolute Gasteiger partial charge is 0.393 e. The Balaban J connectivity index is 2.65. The summed E-state index contributed by atoms with van der Waals surface area (Å²) < 4.78 is 1.97. The van der Waals surface area contributed by atoms with Gasteiger partial charge in [0, 0.05) is 18.7 Å². The third-order valence-electron chi connectivity index (χ3n) is 2.35. The SMILES string of the molecule is CCCC(O)Cc1cc(C)nn1CC. The van der Waals surface area contributed by atoms with Crippen molar-refractivity contribution in [1.29, 1.82) is 0 Å². The van der Waals surface area contributed by atoms with E-state index in [2.05, 4.69) is 25.0 Å². The second-order valence-electron chi connectivity index (χ2n) is 3.74. The molecular weight excluding hydrogens is 176 g/mol. The van der Waals surface area contributed by atoms with Crippen molar-refractivity contribution in [3.8, 4) is 0 Å². The topological polar surface area (TPSA) is 38.1 Å². The zero-order valence-electron chi connectivity index (χ0n) is 9.32. The predicted molar refractivity (Wildman–Crippen MR) is 57.3 cm³/mol. The molecule has 3 heteroatoms. The van der Waals surface area contributed by atoms with Crippen LogP contribution >= 0.6 is 0 Å². The normalized spacial score (nSPS) is 13.1. The van der Waals surface area contributed by atoms with Crippen LogP contribution in [0.3, 0.4) is 0 Å². The van der Waals surface area contributed by atoms with E-state index in [1.807, 2.05) is 11.6 Å². The van der Waals surface area contributed by atoms with Gasteiger partial charge in [-0.2, -0.15) is 5.10 Å². The van der Waals surface area contributed by atoms with Gasteiger partial charge in [-0.05, 0) is 26.3 Å². The van der Waals surface area contributed by atoms with Crippen molar-refractivity contribution in [3.63, 3.8) is 0 Å². The third-order valence-corrected chi connectivity index (χ3v) is 2.35. The van der Waals surface area contributed by atoms with Gasteiger partial charge < -0.3 is 5.11 Å². The minimum Gasteiger partial charge on any atom is -0.393 e. The Morgan fingerprint density at radius 3 is 2.79 bits per heavy atom. The van der Waals surface area contributed by atoms with Crippen molar-refractivity contribution in [2.24, 2.45) is 0 Å². The number of aliphatic hydroxyl groups is 1. The Kier molecular flexibility index (Phi) is 4.14. The summed E-state index contributed by atoms with van der Waals surface area (Å²) >= 11 is 0. The van der Waals surface area contributed by atoms with Crippen LogP contribution in [0.25, 0.3) is 0 Å². The molecule has 1 atom stereocenters. The van der Waals surface area contributed by atoms with E-state index in [0.717, 1.165) is 37.2 Å². The maximum atomic E-state index is 9.69. The van der Waals surface area contributed by atoms with Gasteiger partial charge >= 0.3 is 0 Å². The Morgan fingerprint density at radius 2 is 2.21 bits per heavy atom. The first kappa shape index (κ1) is 11.2. The van der Waals surface area contributed by atoms with E-state index in [1.54, 1.807) is 0 Å². The van der Waals surface area contributed by atoms with Gasteiger partial charge in [0.05, 0.1) is 11.8 Å². The van der Waals surface area contributed by atoms with Gasteiger partial charge in [0.25, 0.3) is 0 Å². The fraction of sp³-hybridized carbons (Fsp3) is 0.727. The van der Waals surface area contributed by atoms with E-state index in [0.29, 0.717) is 0 Å². The molecule has 0 aromatic carbocycles. The van der Waals surface area contributed by atoms with Gasteiger partial charge in [-0.1, -0.05) is 13.3 Å². The van der Waals surface area contributed by atoms with Gasteiger partial charge in [-0.25, -0.2) is 0 Å². The van der Waals surface area contributed by atoms with E-state index in [1.165, 1.54) is 0 Å². The lowest BCUT2D eigenvalue weighted by Gasteiger charge is -2.09. The van der Waals surface area contributed by atoms with Crippen molar-refractivity contribution in [1.82, 2.24) is 9.78 Å². The van der Waals surface area contributed by atoms with E-state index in [4.69, 9.17) is 0 Å². The summed E-state index contributed by atoms with van der Waals surface area (Å²) in [7, 11) is 0. The zero-order valence-corrected chi connectivity index (χ0v) is 9.32. The van der Waals surface area contributed by atoms with Crippen molar-refractivity contribution in [2.75, 3.05) is 0 Å². The summed E-state index contributed by atoms with van der Waals surface area (Å²) in [4.78, 5) is 0. The summed E-state index contributed by atoms with van der Waals surface area (Å²) in [6.07, 6.45) is 2.40. The smallest absolute Gasteiger partial charge is 0.0596 e. The minimum absolute atomic E-state index is 0.221. The third kappa shape index (κ3) is 2.84. The van der Waals surface area contributed by atoms with E-state index in [9.17, 15) is 5.11 Å². The average Bonchev–Trinajstić information content (AvgIpc) is 2.46. The van der Waals surface area contributed by atoms with Gasteiger partial charge in [-0.15, -0.1) is 0 Å². The maximum Gasteiger partial charge on any atom is 0.0596 e. The number of hydrogen-bond donors (Lipinski definition) is 1. The second kappa shape index (κ2) is 5.15. The Bertz CT molecular complexity index is 281. The van der Waals surface area contributed by atoms with E-state index >= 15 is 0 Å². The highest BCUT2D eigenvalue weighted by Gasteiger charge is 2.09. The molecular formula is C11H20N2O. The van der Waals surface area contributed by atoms with Crippen LogP contribution in [0, 0.1) is 6.92 Å². The van der Waals surface area contributed by atoms with Crippen LogP contribution in [0.15, 0.2) is 6.07 Å². The molecule has 0 spiro atoms. The molecule has 1 heterocycles. The summed E-state index contributed by atoms with van der Waals surface area (Å²) in [6.45, 7) is 7.03. The first-order chi connectivity index (χ1) is 6.67. The number of rotatable bonds is 5. The van der Waals surface area contributed by atoms with Crippen LogP contribution in [0.1, 0.15) is 38.1 Å². The molecule has 0 amide bonds. The molecule has 3 nitrogen and oxygen atoms in total. The molecule has 0 aliphatic rings. The minimum atomic E-state index is -0.221. The van der Waals surface area contributed by atoms with Crippen LogP contribution in [0.5, 0.6) is 0 Å². The summed E-state index contributed by atoms with van der Waals surface area (Å²) in [5.74, 6) is 0. The molecule has 0 aliphatic heterocycles. The molecule has 0 radical (unpaired) electrons. The highest BCUT2D eigenvalue weighted by atomic mass is 16.3. The van der Waals surface area contributed by atoms with Gasteiger partial charge in [-0.3, -0.25) is 4.68 Å². The van der Waals surface area contributed by atoms with E-state index in [-0.39, 0.29) is 6.10 Å². The lowest BCUT2D eigenvalue weighted by atomic mass is 10.1. The molecule has 1 rings (SSSR count). The monoisotopic (exact) mass is 196 g/mol. The van der Waals surface area contributed by atoms with Crippen molar-refractivity contribution >= 4 is 0 Å². The standard InChI is InChI=1S/C11H20N2O/c1-4-6-11(14)8-10-7-9(3)12-13(10)5-2/h7,11,14H,4-6,8H2,1-3H3. The Morgan fingerprint density at radius 1 is 1.50 bits per heavy atom. The highest BCUT2D eigenvalue weighted by molar-refractivity contribution is 5.09. The van der Waals surface area contributed by atoms with Crippen LogP contribution in [0.2, 0.25) is 0 Å².